The maximum Gasteiger partial charge on any atom is 0.195 e. The fraction of sp³-hybridized carbons (Fsp3) is 0.500. The van der Waals surface area contributed by atoms with Crippen LogP contribution in [-0.4, -0.2) is 50.1 Å². The molecule has 1 saturated heterocycles. The fourth-order valence-electron chi connectivity index (χ4n) is 2.78. The summed E-state index contributed by atoms with van der Waals surface area (Å²) in [5, 5.41) is 3.32. The van der Waals surface area contributed by atoms with Gasteiger partial charge in [0.1, 0.15) is 6.54 Å². The van der Waals surface area contributed by atoms with Gasteiger partial charge in [-0.15, -0.1) is 6.42 Å². The van der Waals surface area contributed by atoms with Gasteiger partial charge in [-0.2, -0.15) is 0 Å². The molecule has 1 aliphatic rings. The third-order valence-corrected chi connectivity index (χ3v) is 4.15. The van der Waals surface area contributed by atoms with E-state index in [1.807, 2.05) is 0 Å². The maximum absolute atomic E-state index is 5.32. The lowest BCUT2D eigenvalue weighted by Gasteiger charge is -2.38. The van der Waals surface area contributed by atoms with Crippen LogP contribution in [0.1, 0.15) is 18.1 Å². The Kier molecular flexibility index (Phi) is 5.71. The standard InChI is InChI=1S/C18H26N4/c1-5-10-20-18(19-6-2)22-13-11-21(12-14-22)17-9-7-8-15(3)16(17)4/h1,7-9H,6,10-14H2,2-4H3,(H,19,20). The van der Waals surface area contributed by atoms with Crippen LogP contribution < -0.4 is 10.2 Å². The topological polar surface area (TPSA) is 30.9 Å². The minimum absolute atomic E-state index is 0.430. The summed E-state index contributed by atoms with van der Waals surface area (Å²) in [5.41, 5.74) is 4.08. The number of anilines is 1. The Bertz CT molecular complexity index is 563. The molecule has 4 nitrogen and oxygen atoms in total. The van der Waals surface area contributed by atoms with Crippen LogP contribution in [0.5, 0.6) is 0 Å². The Morgan fingerprint density at radius 1 is 1.27 bits per heavy atom. The lowest BCUT2D eigenvalue weighted by Crippen LogP contribution is -2.52. The number of hydrogen-bond donors (Lipinski definition) is 1. The number of benzene rings is 1. The summed E-state index contributed by atoms with van der Waals surface area (Å²) in [6, 6.07) is 6.53. The molecule has 0 radical (unpaired) electrons. The summed E-state index contributed by atoms with van der Waals surface area (Å²) in [4.78, 5) is 9.22. The second-order valence-electron chi connectivity index (χ2n) is 5.57. The number of rotatable bonds is 3. The molecule has 1 aliphatic heterocycles. The van der Waals surface area contributed by atoms with Crippen molar-refractivity contribution in [2.75, 3.05) is 44.2 Å². The molecule has 0 unspecified atom stereocenters. The van der Waals surface area contributed by atoms with Crippen LogP contribution in [0.4, 0.5) is 5.69 Å². The van der Waals surface area contributed by atoms with Crippen LogP contribution >= 0.6 is 0 Å². The van der Waals surface area contributed by atoms with Gasteiger partial charge in [0, 0.05) is 38.4 Å². The first-order valence-electron chi connectivity index (χ1n) is 7.95. The van der Waals surface area contributed by atoms with E-state index < -0.39 is 0 Å². The van der Waals surface area contributed by atoms with Crippen molar-refractivity contribution in [1.29, 1.82) is 0 Å². The molecule has 1 aromatic carbocycles. The molecule has 0 aliphatic carbocycles. The van der Waals surface area contributed by atoms with Gasteiger partial charge in [0.25, 0.3) is 0 Å². The quantitative estimate of drug-likeness (QED) is 0.526. The van der Waals surface area contributed by atoms with Gasteiger partial charge in [0.05, 0.1) is 0 Å². The molecule has 22 heavy (non-hydrogen) atoms. The largest absolute Gasteiger partial charge is 0.368 e. The van der Waals surface area contributed by atoms with E-state index in [1.54, 1.807) is 0 Å². The Balaban J connectivity index is 2.03. The maximum atomic E-state index is 5.32. The monoisotopic (exact) mass is 298 g/mol. The predicted molar refractivity (Wildman–Crippen MR) is 94.5 cm³/mol. The van der Waals surface area contributed by atoms with Crippen molar-refractivity contribution in [3.05, 3.63) is 29.3 Å². The normalized spacial score (nSPS) is 15.6. The van der Waals surface area contributed by atoms with Gasteiger partial charge in [0.2, 0.25) is 0 Å². The van der Waals surface area contributed by atoms with Gasteiger partial charge in [-0.05, 0) is 38.0 Å². The molecular weight excluding hydrogens is 272 g/mol. The van der Waals surface area contributed by atoms with E-state index in [0.717, 1.165) is 38.7 Å². The van der Waals surface area contributed by atoms with Crippen molar-refractivity contribution < 1.29 is 0 Å². The van der Waals surface area contributed by atoms with Crippen LogP contribution in [-0.2, 0) is 0 Å². The number of nitrogens with one attached hydrogen (secondary N) is 1. The number of terminal acetylenes is 1. The van der Waals surface area contributed by atoms with Crippen LogP contribution in [0.25, 0.3) is 0 Å². The predicted octanol–water partition coefficient (Wildman–Crippen LogP) is 2.02. The second kappa shape index (κ2) is 7.74. The summed E-state index contributed by atoms with van der Waals surface area (Å²) in [6.45, 7) is 11.7. The van der Waals surface area contributed by atoms with Gasteiger partial charge < -0.3 is 15.1 Å². The molecule has 0 bridgehead atoms. The van der Waals surface area contributed by atoms with E-state index in [1.165, 1.54) is 16.8 Å². The fourth-order valence-corrected chi connectivity index (χ4v) is 2.78. The first kappa shape index (κ1) is 16.2. The average Bonchev–Trinajstić information content (AvgIpc) is 2.54. The van der Waals surface area contributed by atoms with Gasteiger partial charge in [-0.1, -0.05) is 18.1 Å². The number of piperazine rings is 1. The highest BCUT2D eigenvalue weighted by atomic mass is 15.3. The molecule has 4 heteroatoms. The Morgan fingerprint density at radius 3 is 2.64 bits per heavy atom. The second-order valence-corrected chi connectivity index (χ2v) is 5.57. The van der Waals surface area contributed by atoms with Gasteiger partial charge >= 0.3 is 0 Å². The minimum atomic E-state index is 0.430. The average molecular weight is 298 g/mol. The highest BCUT2D eigenvalue weighted by Crippen LogP contribution is 2.23. The van der Waals surface area contributed by atoms with Crippen molar-refractivity contribution in [2.45, 2.75) is 20.8 Å². The first-order chi connectivity index (χ1) is 10.7. The van der Waals surface area contributed by atoms with Crippen LogP contribution in [0, 0.1) is 26.2 Å². The van der Waals surface area contributed by atoms with E-state index in [2.05, 4.69) is 65.0 Å². The molecule has 1 aromatic rings. The Hall–Kier alpha value is -2.15. The minimum Gasteiger partial charge on any atom is -0.368 e. The lowest BCUT2D eigenvalue weighted by atomic mass is 10.1. The number of hydrogen-bond acceptors (Lipinski definition) is 2. The molecule has 1 heterocycles. The summed E-state index contributed by atoms with van der Waals surface area (Å²) in [6.07, 6.45) is 5.32. The zero-order valence-electron chi connectivity index (χ0n) is 13.9. The highest BCUT2D eigenvalue weighted by molar-refractivity contribution is 5.80. The van der Waals surface area contributed by atoms with Gasteiger partial charge in [0.15, 0.2) is 5.96 Å². The van der Waals surface area contributed by atoms with E-state index in [0.29, 0.717) is 6.54 Å². The van der Waals surface area contributed by atoms with E-state index in [-0.39, 0.29) is 0 Å². The van der Waals surface area contributed by atoms with Crippen molar-refractivity contribution >= 4 is 11.6 Å². The van der Waals surface area contributed by atoms with Crippen molar-refractivity contribution in [3.8, 4) is 12.3 Å². The molecule has 2 rings (SSSR count). The number of guanidine groups is 1. The van der Waals surface area contributed by atoms with Gasteiger partial charge in [-0.25, -0.2) is 4.99 Å². The van der Waals surface area contributed by atoms with Crippen molar-refractivity contribution in [1.82, 2.24) is 10.2 Å². The zero-order valence-corrected chi connectivity index (χ0v) is 13.9. The van der Waals surface area contributed by atoms with Crippen LogP contribution in [0.3, 0.4) is 0 Å². The third-order valence-electron chi connectivity index (χ3n) is 4.15. The Labute approximate surface area is 134 Å². The highest BCUT2D eigenvalue weighted by Gasteiger charge is 2.20. The molecule has 0 atom stereocenters. The molecule has 0 aromatic heterocycles. The SMILES string of the molecule is C#CCN=C(NCC)N1CCN(c2cccc(C)c2C)CC1. The Morgan fingerprint density at radius 2 is 2.00 bits per heavy atom. The molecule has 0 spiro atoms. The molecular formula is C18H26N4. The summed E-state index contributed by atoms with van der Waals surface area (Å²) in [5.74, 6) is 3.51. The zero-order chi connectivity index (χ0) is 15.9. The van der Waals surface area contributed by atoms with Crippen molar-refractivity contribution in [2.24, 2.45) is 4.99 Å². The molecule has 1 fully saturated rings. The first-order valence-corrected chi connectivity index (χ1v) is 7.95. The summed E-state index contributed by atoms with van der Waals surface area (Å²) in [7, 11) is 0. The number of aliphatic imine (C=N–C) groups is 1. The summed E-state index contributed by atoms with van der Waals surface area (Å²) < 4.78 is 0. The van der Waals surface area contributed by atoms with E-state index >= 15 is 0 Å². The van der Waals surface area contributed by atoms with Gasteiger partial charge in [-0.3, -0.25) is 0 Å². The van der Waals surface area contributed by atoms with Crippen LogP contribution in [0.2, 0.25) is 0 Å². The van der Waals surface area contributed by atoms with Crippen LogP contribution in [0.15, 0.2) is 23.2 Å². The lowest BCUT2D eigenvalue weighted by molar-refractivity contribution is 0.373. The van der Waals surface area contributed by atoms with E-state index in [4.69, 9.17) is 6.42 Å². The number of nitrogens with zero attached hydrogens (tertiary/aromatic N) is 3. The third kappa shape index (κ3) is 3.73. The number of aryl methyl sites for hydroxylation is 1. The molecule has 0 amide bonds. The molecule has 0 saturated carbocycles. The van der Waals surface area contributed by atoms with Crippen molar-refractivity contribution in [3.63, 3.8) is 0 Å². The van der Waals surface area contributed by atoms with E-state index in [9.17, 15) is 0 Å². The molecule has 118 valence electrons. The smallest absolute Gasteiger partial charge is 0.195 e. The molecule has 1 N–H and O–H groups in total. The summed E-state index contributed by atoms with van der Waals surface area (Å²) >= 11 is 0.